The van der Waals surface area contributed by atoms with E-state index >= 15 is 0 Å². The second kappa shape index (κ2) is 7.24. The highest BCUT2D eigenvalue weighted by Crippen LogP contribution is 3.05. The molecule has 0 radical (unpaired) electrons. The molecule has 14 aliphatic rings. The van der Waals surface area contributed by atoms with Crippen molar-refractivity contribution >= 4 is 92.8 Å². The van der Waals surface area contributed by atoms with Crippen molar-refractivity contribution in [1.82, 2.24) is 0 Å². The smallest absolute Gasteiger partial charge is 0.211 e. The molecule has 0 N–H and O–H groups in total. The molecule has 0 amide bonds. The lowest BCUT2D eigenvalue weighted by atomic mass is 9.44. The maximum atomic E-state index is 7.93. The molecule has 3 unspecified atom stereocenters. The first-order valence-electron chi connectivity index (χ1n) is 16.7. The molecule has 8 bridgehead atoms. The minimum atomic E-state index is -1.40. The standard InChI is InChI=1S/C34H30Cl8O6/c1-43-23-7-9(13-17-15-11(7)19-21(13)31(41)27(17,37)25(15,35)29(19,39)33(31,45-3)46-4)24(44-2)10-8(23)12-16-18-14(10)22-20(12)30(40)26(16,36)28(18,38)32(22,42)34(30,47-5)48-6/h11-22H,1-6H3/t11-,12+,13+,14-,15-,16-,17+,18-,19+,20+,21-,22?,25-,26-,27-,28?,29+,30?,31-,32+/m1/s1. The van der Waals surface area contributed by atoms with E-state index < -0.39 is 50.6 Å². The maximum absolute atomic E-state index is 7.93. The van der Waals surface area contributed by atoms with Crippen LogP contribution in [0.4, 0.5) is 0 Å². The van der Waals surface area contributed by atoms with Gasteiger partial charge in [0.25, 0.3) is 0 Å². The monoisotopic (exact) mass is 814 g/mol. The van der Waals surface area contributed by atoms with E-state index in [1.807, 2.05) is 0 Å². The fourth-order valence-electron chi connectivity index (χ4n) is 18.1. The Kier molecular flexibility index (Phi) is 4.57. The van der Waals surface area contributed by atoms with Crippen molar-refractivity contribution in [3.05, 3.63) is 22.3 Å². The summed E-state index contributed by atoms with van der Waals surface area (Å²) in [4.78, 5) is -8.99. The van der Waals surface area contributed by atoms with Gasteiger partial charge in [0.2, 0.25) is 11.6 Å². The Morgan fingerprint density at radius 3 is 0.688 bits per heavy atom. The lowest BCUT2D eigenvalue weighted by Crippen LogP contribution is -2.73. The molecule has 15 rings (SSSR count). The molecule has 1 aromatic rings. The van der Waals surface area contributed by atoms with Crippen LogP contribution in [-0.4, -0.2) is 93.2 Å². The van der Waals surface area contributed by atoms with E-state index in [1.165, 1.54) is 0 Å². The number of hydrogen-bond donors (Lipinski definition) is 0. The van der Waals surface area contributed by atoms with Crippen LogP contribution in [0.1, 0.15) is 45.9 Å². The van der Waals surface area contributed by atoms with E-state index in [-0.39, 0.29) is 71.0 Å². The zero-order valence-corrected chi connectivity index (χ0v) is 32.4. The summed E-state index contributed by atoms with van der Waals surface area (Å²) in [6, 6.07) is 0. The van der Waals surface area contributed by atoms with E-state index in [0.29, 0.717) is 0 Å². The molecule has 10 fully saturated rings. The Balaban J connectivity index is 1.14. The predicted octanol–water partition coefficient (Wildman–Crippen LogP) is 6.93. The minimum Gasteiger partial charge on any atom is -0.496 e. The van der Waals surface area contributed by atoms with Crippen LogP contribution in [0.3, 0.4) is 0 Å². The van der Waals surface area contributed by atoms with Crippen LogP contribution in [0.5, 0.6) is 11.5 Å². The van der Waals surface area contributed by atoms with Crippen LogP contribution in [0.25, 0.3) is 0 Å². The lowest BCUT2D eigenvalue weighted by molar-refractivity contribution is -0.224. The quantitative estimate of drug-likeness (QED) is 0.230. The van der Waals surface area contributed by atoms with E-state index in [4.69, 9.17) is 121 Å². The number of hydrogen-bond acceptors (Lipinski definition) is 6. The Bertz CT molecular complexity index is 1690. The van der Waals surface area contributed by atoms with Crippen LogP contribution in [0.15, 0.2) is 0 Å². The topological polar surface area (TPSA) is 55.4 Å². The van der Waals surface area contributed by atoms with Gasteiger partial charge < -0.3 is 28.4 Å². The molecule has 0 aliphatic heterocycles. The zero-order chi connectivity index (χ0) is 33.6. The lowest BCUT2D eigenvalue weighted by Gasteiger charge is -2.65. The summed E-state index contributed by atoms with van der Waals surface area (Å²) < 4.78 is 38.5. The van der Waals surface area contributed by atoms with E-state index in [1.54, 1.807) is 42.7 Å². The van der Waals surface area contributed by atoms with Gasteiger partial charge in [0.1, 0.15) is 31.0 Å². The second-order valence-electron chi connectivity index (χ2n) is 16.8. The molecular formula is C34H30Cl8O6. The molecule has 258 valence electrons. The van der Waals surface area contributed by atoms with Crippen molar-refractivity contribution in [2.24, 2.45) is 47.3 Å². The van der Waals surface area contributed by atoms with Gasteiger partial charge in [0, 0.05) is 50.7 Å². The average molecular weight is 818 g/mol. The summed E-state index contributed by atoms with van der Waals surface area (Å²) in [5, 5.41) is 0. The van der Waals surface area contributed by atoms with Gasteiger partial charge in [-0.2, -0.15) is 0 Å². The molecule has 0 saturated heterocycles. The summed E-state index contributed by atoms with van der Waals surface area (Å²) in [5.74, 6) is -2.49. The van der Waals surface area contributed by atoms with Gasteiger partial charge in [0.15, 0.2) is 0 Å². The van der Waals surface area contributed by atoms with Crippen molar-refractivity contribution in [3.63, 3.8) is 0 Å². The zero-order valence-electron chi connectivity index (χ0n) is 26.4. The Morgan fingerprint density at radius 2 is 0.521 bits per heavy atom. The van der Waals surface area contributed by atoms with Crippen LogP contribution in [0, 0.1) is 47.3 Å². The number of halogens is 8. The third-order valence-corrected chi connectivity index (χ3v) is 25.0. The van der Waals surface area contributed by atoms with Gasteiger partial charge in [-0.05, 0) is 71.0 Å². The van der Waals surface area contributed by atoms with Crippen LogP contribution in [-0.2, 0) is 18.9 Å². The fourth-order valence-corrected chi connectivity index (χ4v) is 25.0. The SMILES string of the molecule is COc1c2c(c(OC)c3c1[C@H]1[C@@H]4[C@H]5[C@@H]3C3[C@H]1C1(Cl)C(OC)(OC)[C@@]3(Cl)C5(Cl)[C@]41Cl)[C@H]1[C@H]3[C@H]4[C@@H]2[C@H]2[C@@H]1[C@]1(Cl)C(OC)(OC)[C@@]2(Cl)[C@]4(Cl)[C@]31Cl. The highest BCUT2D eigenvalue weighted by Gasteiger charge is 3.14. The normalized spacial score (nSPS) is 67.5. The maximum Gasteiger partial charge on any atom is 0.211 e. The summed E-state index contributed by atoms with van der Waals surface area (Å²) in [6.07, 6.45) is 0. The summed E-state index contributed by atoms with van der Waals surface area (Å²) in [5.41, 5.74) is 4.37. The molecule has 1 aromatic carbocycles. The van der Waals surface area contributed by atoms with Crippen molar-refractivity contribution in [2.75, 3.05) is 42.7 Å². The Labute approximate surface area is 317 Å². The third kappa shape index (κ3) is 1.68. The Hall–Kier alpha value is 0.980. The predicted molar refractivity (Wildman–Crippen MR) is 181 cm³/mol. The van der Waals surface area contributed by atoms with Gasteiger partial charge in [-0.15, -0.1) is 92.8 Å². The van der Waals surface area contributed by atoms with Crippen molar-refractivity contribution < 1.29 is 28.4 Å². The van der Waals surface area contributed by atoms with Crippen molar-refractivity contribution in [3.8, 4) is 11.5 Å². The van der Waals surface area contributed by atoms with Gasteiger partial charge in [-0.1, -0.05) is 0 Å². The highest BCUT2D eigenvalue weighted by molar-refractivity contribution is 6.52. The van der Waals surface area contributed by atoms with Crippen LogP contribution in [0.2, 0.25) is 0 Å². The van der Waals surface area contributed by atoms with E-state index in [2.05, 4.69) is 0 Å². The van der Waals surface area contributed by atoms with Gasteiger partial charge in [-0.3, -0.25) is 0 Å². The van der Waals surface area contributed by atoms with Crippen molar-refractivity contribution in [1.29, 1.82) is 0 Å². The number of ether oxygens (including phenoxy) is 6. The molecule has 0 aromatic heterocycles. The van der Waals surface area contributed by atoms with Crippen molar-refractivity contribution in [2.45, 2.75) is 74.2 Å². The summed E-state index contributed by atoms with van der Waals surface area (Å²) in [7, 11) is 9.90. The number of rotatable bonds is 6. The molecule has 0 spiro atoms. The van der Waals surface area contributed by atoms with Crippen LogP contribution < -0.4 is 9.47 Å². The molecule has 6 nitrogen and oxygen atoms in total. The molecule has 14 aliphatic carbocycles. The number of methoxy groups -OCH3 is 6. The first-order valence-corrected chi connectivity index (χ1v) is 19.7. The fraction of sp³-hybridized carbons (Fsp3) is 0.824. The summed E-state index contributed by atoms with van der Waals surface area (Å²) in [6.45, 7) is 0. The Morgan fingerprint density at radius 1 is 0.333 bits per heavy atom. The molecule has 10 saturated carbocycles. The minimum absolute atomic E-state index is 0.0607. The van der Waals surface area contributed by atoms with E-state index in [9.17, 15) is 0 Å². The molecule has 0 heterocycles. The molecule has 48 heavy (non-hydrogen) atoms. The second-order valence-corrected chi connectivity index (χ2v) is 21.5. The molecule has 14 heteroatoms. The van der Waals surface area contributed by atoms with E-state index in [0.717, 1.165) is 33.8 Å². The van der Waals surface area contributed by atoms with Crippen LogP contribution >= 0.6 is 92.8 Å². The average Bonchev–Trinajstić information content (AvgIpc) is 3.62. The molecular weight excluding hydrogens is 788 g/mol. The summed E-state index contributed by atoms with van der Waals surface area (Å²) >= 11 is 63.1. The first kappa shape index (κ1) is 30.3. The molecule has 20 atom stereocenters. The largest absolute Gasteiger partial charge is 0.496 e. The van der Waals surface area contributed by atoms with Gasteiger partial charge in [0.05, 0.1) is 33.7 Å². The number of benzene rings is 1. The highest BCUT2D eigenvalue weighted by atomic mass is 35.5. The number of alkyl halides is 8. The third-order valence-electron chi connectivity index (χ3n) is 17.9. The first-order chi connectivity index (χ1) is 22.6. The van der Waals surface area contributed by atoms with Gasteiger partial charge in [-0.25, -0.2) is 0 Å². The van der Waals surface area contributed by atoms with Gasteiger partial charge >= 0.3 is 0 Å².